The van der Waals surface area contributed by atoms with Crippen LogP contribution in [-0.2, 0) is 6.61 Å². The maximum Gasteiger partial charge on any atom is 0.265 e. The molecule has 3 rings (SSSR count). The quantitative estimate of drug-likeness (QED) is 0.693. The molecule has 0 aliphatic heterocycles. The van der Waals surface area contributed by atoms with Gasteiger partial charge < -0.3 is 10.1 Å². The molecule has 0 radical (unpaired) electrons. The molecule has 0 aliphatic rings. The highest BCUT2D eigenvalue weighted by atomic mass is 32.1. The number of hydrogen-bond acceptors (Lipinski definition) is 3. The standard InChI is InChI=1S/C18H12F3NO2S/c19-13-6-5-12(8-15(13)21)22-18(23)17-7-11(10-25-17)9-24-16-4-2-1-3-14(16)20/h1-8,10H,9H2,(H,22,23). The van der Waals surface area contributed by atoms with Crippen molar-refractivity contribution < 1.29 is 22.7 Å². The van der Waals surface area contributed by atoms with Gasteiger partial charge in [0.25, 0.3) is 5.91 Å². The van der Waals surface area contributed by atoms with E-state index in [1.165, 1.54) is 29.5 Å². The van der Waals surface area contributed by atoms with Gasteiger partial charge in [0, 0.05) is 17.3 Å². The maximum absolute atomic E-state index is 13.5. The smallest absolute Gasteiger partial charge is 0.265 e. The van der Waals surface area contributed by atoms with Crippen LogP contribution >= 0.6 is 11.3 Å². The van der Waals surface area contributed by atoms with Gasteiger partial charge in [-0.25, -0.2) is 13.2 Å². The van der Waals surface area contributed by atoms with Crippen LogP contribution in [0.3, 0.4) is 0 Å². The number of anilines is 1. The normalized spacial score (nSPS) is 10.5. The number of thiophene rings is 1. The van der Waals surface area contributed by atoms with Crippen LogP contribution in [0.15, 0.2) is 53.9 Å². The van der Waals surface area contributed by atoms with Gasteiger partial charge in [-0.15, -0.1) is 11.3 Å². The maximum atomic E-state index is 13.5. The van der Waals surface area contributed by atoms with E-state index in [0.717, 1.165) is 12.1 Å². The lowest BCUT2D eigenvalue weighted by Gasteiger charge is -2.05. The van der Waals surface area contributed by atoms with Crippen LogP contribution in [0.2, 0.25) is 0 Å². The van der Waals surface area contributed by atoms with Gasteiger partial charge in [-0.05, 0) is 35.7 Å². The molecule has 1 N–H and O–H groups in total. The van der Waals surface area contributed by atoms with Crippen molar-refractivity contribution in [2.24, 2.45) is 0 Å². The minimum absolute atomic E-state index is 0.107. The highest BCUT2D eigenvalue weighted by Crippen LogP contribution is 2.21. The van der Waals surface area contributed by atoms with E-state index in [9.17, 15) is 18.0 Å². The van der Waals surface area contributed by atoms with Gasteiger partial charge in [-0.2, -0.15) is 0 Å². The molecule has 0 unspecified atom stereocenters. The van der Waals surface area contributed by atoms with Crippen LogP contribution in [-0.4, -0.2) is 5.91 Å². The molecule has 1 heterocycles. The van der Waals surface area contributed by atoms with E-state index < -0.39 is 23.4 Å². The van der Waals surface area contributed by atoms with Crippen molar-refractivity contribution in [1.29, 1.82) is 0 Å². The second-order valence-electron chi connectivity index (χ2n) is 5.12. The first-order chi connectivity index (χ1) is 12.0. The van der Waals surface area contributed by atoms with E-state index in [0.29, 0.717) is 10.4 Å². The molecule has 2 aromatic carbocycles. The number of ether oxygens (including phenoxy) is 1. The molecular weight excluding hydrogens is 351 g/mol. The average Bonchev–Trinajstić information content (AvgIpc) is 3.07. The number of amides is 1. The molecule has 7 heteroatoms. The van der Waals surface area contributed by atoms with Crippen LogP contribution in [0.4, 0.5) is 18.9 Å². The highest BCUT2D eigenvalue weighted by Gasteiger charge is 2.12. The number of rotatable bonds is 5. The molecular formula is C18H12F3NO2S. The molecule has 0 aliphatic carbocycles. The lowest BCUT2D eigenvalue weighted by atomic mass is 10.2. The van der Waals surface area contributed by atoms with E-state index in [2.05, 4.69) is 5.32 Å². The second kappa shape index (κ2) is 7.40. The Morgan fingerprint density at radius 1 is 1.00 bits per heavy atom. The van der Waals surface area contributed by atoms with Gasteiger partial charge in [-0.1, -0.05) is 12.1 Å². The summed E-state index contributed by atoms with van der Waals surface area (Å²) in [6.07, 6.45) is 0. The number of carbonyl (C=O) groups is 1. The van der Waals surface area contributed by atoms with Crippen LogP contribution in [0.5, 0.6) is 5.75 Å². The van der Waals surface area contributed by atoms with Crippen LogP contribution in [0.1, 0.15) is 15.2 Å². The fourth-order valence-corrected chi connectivity index (χ4v) is 2.85. The Balaban J connectivity index is 1.63. The first-order valence-electron chi connectivity index (χ1n) is 7.24. The van der Waals surface area contributed by atoms with E-state index in [-0.39, 0.29) is 18.0 Å². The Kier molecular flexibility index (Phi) is 5.04. The lowest BCUT2D eigenvalue weighted by Crippen LogP contribution is -2.10. The molecule has 0 atom stereocenters. The van der Waals surface area contributed by atoms with Crippen molar-refractivity contribution in [3.8, 4) is 5.75 Å². The summed E-state index contributed by atoms with van der Waals surface area (Å²) in [6, 6.07) is 10.7. The zero-order chi connectivity index (χ0) is 17.8. The Morgan fingerprint density at radius 2 is 1.80 bits per heavy atom. The number of halogens is 3. The van der Waals surface area contributed by atoms with Crippen LogP contribution in [0, 0.1) is 17.5 Å². The Hall–Kier alpha value is -2.80. The van der Waals surface area contributed by atoms with Crippen molar-refractivity contribution in [3.05, 3.63) is 81.8 Å². The first kappa shape index (κ1) is 17.0. The summed E-state index contributed by atoms with van der Waals surface area (Å²) in [7, 11) is 0. The third-order valence-electron chi connectivity index (χ3n) is 3.29. The predicted molar refractivity (Wildman–Crippen MR) is 89.4 cm³/mol. The van der Waals surface area contributed by atoms with Crippen molar-refractivity contribution in [1.82, 2.24) is 0 Å². The molecule has 1 aromatic heterocycles. The summed E-state index contributed by atoms with van der Waals surface area (Å²) in [5.41, 5.74) is 0.852. The number of hydrogen-bond donors (Lipinski definition) is 1. The highest BCUT2D eigenvalue weighted by molar-refractivity contribution is 7.12. The van der Waals surface area contributed by atoms with Crippen molar-refractivity contribution in [3.63, 3.8) is 0 Å². The summed E-state index contributed by atoms with van der Waals surface area (Å²) in [4.78, 5) is 12.5. The number of nitrogens with one attached hydrogen (secondary N) is 1. The molecule has 128 valence electrons. The summed E-state index contributed by atoms with van der Waals surface area (Å²) >= 11 is 1.17. The Labute approximate surface area is 145 Å². The molecule has 25 heavy (non-hydrogen) atoms. The van der Waals surface area contributed by atoms with Gasteiger partial charge in [0.15, 0.2) is 23.2 Å². The molecule has 0 saturated carbocycles. The van der Waals surface area contributed by atoms with Crippen LogP contribution in [0.25, 0.3) is 0 Å². The summed E-state index contributed by atoms with van der Waals surface area (Å²) in [6.45, 7) is 0.107. The van der Waals surface area contributed by atoms with E-state index in [1.54, 1.807) is 23.6 Å². The van der Waals surface area contributed by atoms with Crippen molar-refractivity contribution in [2.45, 2.75) is 6.61 Å². The largest absolute Gasteiger partial charge is 0.486 e. The van der Waals surface area contributed by atoms with Gasteiger partial charge in [0.1, 0.15) is 6.61 Å². The third-order valence-corrected chi connectivity index (χ3v) is 4.26. The summed E-state index contributed by atoms with van der Waals surface area (Å²) < 4.78 is 44.9. The molecule has 3 aromatic rings. The van der Waals surface area contributed by atoms with Gasteiger partial charge in [0.2, 0.25) is 0 Å². The minimum atomic E-state index is -1.04. The van der Waals surface area contributed by atoms with Crippen molar-refractivity contribution >= 4 is 22.9 Å². The molecule has 3 nitrogen and oxygen atoms in total. The summed E-state index contributed by atoms with van der Waals surface area (Å²) in [5, 5.41) is 4.20. The van der Waals surface area contributed by atoms with E-state index in [1.807, 2.05) is 0 Å². The van der Waals surface area contributed by atoms with Gasteiger partial charge in [-0.3, -0.25) is 4.79 Å². The van der Waals surface area contributed by atoms with E-state index in [4.69, 9.17) is 4.74 Å². The molecule has 0 bridgehead atoms. The van der Waals surface area contributed by atoms with Gasteiger partial charge >= 0.3 is 0 Å². The fraction of sp³-hybridized carbons (Fsp3) is 0.0556. The van der Waals surface area contributed by atoms with Crippen LogP contribution < -0.4 is 10.1 Å². The molecule has 0 saturated heterocycles. The lowest BCUT2D eigenvalue weighted by molar-refractivity contribution is 0.103. The SMILES string of the molecule is O=C(Nc1ccc(F)c(F)c1)c1cc(COc2ccccc2F)cs1. The Bertz CT molecular complexity index is 911. The zero-order valence-electron chi connectivity index (χ0n) is 12.8. The second-order valence-corrected chi connectivity index (χ2v) is 6.03. The van der Waals surface area contributed by atoms with Gasteiger partial charge in [0.05, 0.1) is 4.88 Å². The summed E-state index contributed by atoms with van der Waals surface area (Å²) in [5.74, 6) is -2.81. The molecule has 0 fully saturated rings. The topological polar surface area (TPSA) is 38.3 Å². The monoisotopic (exact) mass is 363 g/mol. The predicted octanol–water partition coefficient (Wildman–Crippen LogP) is 5.00. The Morgan fingerprint density at radius 3 is 2.56 bits per heavy atom. The fourth-order valence-electron chi connectivity index (χ4n) is 2.06. The number of carbonyl (C=O) groups excluding carboxylic acids is 1. The minimum Gasteiger partial charge on any atom is -0.486 e. The average molecular weight is 363 g/mol. The number of para-hydroxylation sites is 1. The zero-order valence-corrected chi connectivity index (χ0v) is 13.6. The van der Waals surface area contributed by atoms with E-state index >= 15 is 0 Å². The number of benzene rings is 2. The van der Waals surface area contributed by atoms with Crippen molar-refractivity contribution in [2.75, 3.05) is 5.32 Å². The first-order valence-corrected chi connectivity index (χ1v) is 8.12. The molecule has 0 spiro atoms. The third kappa shape index (κ3) is 4.19. The molecule has 1 amide bonds.